The molecule has 6 heteroatoms. The number of aryl methyl sites for hydroxylation is 1. The Morgan fingerprint density at radius 3 is 2.65 bits per heavy atom. The minimum Gasteiger partial charge on any atom is -0.497 e. The lowest BCUT2D eigenvalue weighted by Gasteiger charge is -2.49. The second-order valence-corrected chi connectivity index (χ2v) is 11.1. The van der Waals surface area contributed by atoms with Crippen molar-refractivity contribution >= 4 is 15.7 Å². The second-order valence-electron chi connectivity index (χ2n) is 9.44. The monoisotopic (exact) mass is 438 g/mol. The predicted octanol–water partition coefficient (Wildman–Crippen LogP) is 4.89. The van der Waals surface area contributed by atoms with Gasteiger partial charge in [-0.3, -0.25) is 0 Å². The third kappa shape index (κ3) is 3.45. The van der Waals surface area contributed by atoms with Crippen molar-refractivity contribution < 1.29 is 13.2 Å². The van der Waals surface area contributed by atoms with Crippen molar-refractivity contribution in [1.29, 1.82) is 0 Å². The molecule has 3 aliphatic carbocycles. The number of methoxy groups -OCH3 is 1. The van der Waals surface area contributed by atoms with E-state index in [0.29, 0.717) is 17.8 Å². The highest BCUT2D eigenvalue weighted by molar-refractivity contribution is 7.89. The smallest absolute Gasteiger partial charge is 0.276 e. The summed E-state index contributed by atoms with van der Waals surface area (Å²) in [5, 5.41) is 4.49. The summed E-state index contributed by atoms with van der Waals surface area (Å²) in [6, 6.07) is 15.0. The van der Waals surface area contributed by atoms with Crippen LogP contribution in [0, 0.1) is 17.3 Å². The summed E-state index contributed by atoms with van der Waals surface area (Å²) in [6.07, 6.45) is 6.42. The van der Waals surface area contributed by atoms with Crippen LogP contribution < -0.4 is 9.57 Å². The minimum absolute atomic E-state index is 0.0235. The maximum Gasteiger partial charge on any atom is 0.276 e. The molecule has 0 aliphatic heterocycles. The molecular weight excluding hydrogens is 408 g/mol. The first-order valence-corrected chi connectivity index (χ1v) is 12.7. The van der Waals surface area contributed by atoms with Gasteiger partial charge < -0.3 is 4.74 Å². The Balaban J connectivity index is 1.38. The van der Waals surface area contributed by atoms with Crippen LogP contribution in [-0.2, 0) is 16.4 Å². The van der Waals surface area contributed by atoms with Gasteiger partial charge in [0.05, 0.1) is 12.0 Å². The Bertz CT molecular complexity index is 1110. The third-order valence-corrected chi connectivity index (χ3v) is 9.25. The van der Waals surface area contributed by atoms with Gasteiger partial charge in [-0.15, -0.1) is 0 Å². The van der Waals surface area contributed by atoms with Crippen LogP contribution in [0.5, 0.6) is 5.75 Å². The van der Waals surface area contributed by atoms with Gasteiger partial charge in [-0.25, -0.2) is 4.83 Å². The number of ether oxygens (including phenoxy) is 1. The topological polar surface area (TPSA) is 67.8 Å². The van der Waals surface area contributed by atoms with Crippen LogP contribution in [0.3, 0.4) is 0 Å². The van der Waals surface area contributed by atoms with E-state index < -0.39 is 10.0 Å². The Labute approximate surface area is 185 Å². The normalized spacial score (nSPS) is 30.9. The van der Waals surface area contributed by atoms with Crippen LogP contribution in [0.25, 0.3) is 0 Å². The number of benzene rings is 2. The van der Waals surface area contributed by atoms with Gasteiger partial charge in [0, 0.05) is 11.1 Å². The largest absolute Gasteiger partial charge is 0.497 e. The molecular formula is C25H30N2O3S. The van der Waals surface area contributed by atoms with Crippen LogP contribution in [0.1, 0.15) is 56.1 Å². The van der Waals surface area contributed by atoms with Crippen LogP contribution in [0.15, 0.2) is 58.5 Å². The maximum absolute atomic E-state index is 12.6. The Morgan fingerprint density at radius 2 is 1.87 bits per heavy atom. The first-order valence-electron chi connectivity index (χ1n) is 11.2. The molecule has 3 aliphatic rings. The van der Waals surface area contributed by atoms with Crippen LogP contribution in [0.4, 0.5) is 0 Å². The molecule has 4 atom stereocenters. The molecule has 31 heavy (non-hydrogen) atoms. The molecule has 0 aromatic heterocycles. The zero-order valence-corrected chi connectivity index (χ0v) is 19.0. The molecule has 2 fully saturated rings. The molecule has 0 saturated heterocycles. The van der Waals surface area contributed by atoms with Crippen LogP contribution in [-0.4, -0.2) is 21.2 Å². The quantitative estimate of drug-likeness (QED) is 0.692. The molecule has 0 amide bonds. The van der Waals surface area contributed by atoms with E-state index >= 15 is 0 Å². The maximum atomic E-state index is 12.6. The third-order valence-electron chi connectivity index (χ3n) is 8.03. The van der Waals surface area contributed by atoms with Gasteiger partial charge in [-0.05, 0) is 91.7 Å². The van der Waals surface area contributed by atoms with E-state index in [1.54, 1.807) is 31.4 Å². The highest BCUT2D eigenvalue weighted by atomic mass is 32.2. The highest BCUT2D eigenvalue weighted by Crippen LogP contribution is 2.59. The second kappa shape index (κ2) is 7.66. The van der Waals surface area contributed by atoms with Crippen LogP contribution in [0.2, 0.25) is 0 Å². The van der Waals surface area contributed by atoms with E-state index in [1.165, 1.54) is 17.5 Å². The molecule has 2 aromatic rings. The zero-order valence-electron chi connectivity index (χ0n) is 18.2. The van der Waals surface area contributed by atoms with Crippen molar-refractivity contribution in [3.63, 3.8) is 0 Å². The van der Waals surface area contributed by atoms with E-state index in [4.69, 9.17) is 4.74 Å². The van der Waals surface area contributed by atoms with Gasteiger partial charge in [-0.2, -0.15) is 13.5 Å². The van der Waals surface area contributed by atoms with Gasteiger partial charge in [0.25, 0.3) is 10.0 Å². The van der Waals surface area contributed by atoms with Crippen LogP contribution >= 0.6 is 0 Å². The molecule has 0 radical (unpaired) electrons. The number of nitrogens with one attached hydrogen (secondary N) is 1. The van der Waals surface area contributed by atoms with Crippen molar-refractivity contribution in [3.8, 4) is 5.75 Å². The number of hydrogen-bond donors (Lipinski definition) is 1. The fourth-order valence-electron chi connectivity index (χ4n) is 6.43. The summed E-state index contributed by atoms with van der Waals surface area (Å²) < 4.78 is 30.7. The summed E-state index contributed by atoms with van der Waals surface area (Å²) >= 11 is 0. The van der Waals surface area contributed by atoms with Crippen molar-refractivity contribution in [2.24, 2.45) is 22.4 Å². The molecule has 0 unspecified atom stereocenters. The molecule has 2 aromatic carbocycles. The van der Waals surface area contributed by atoms with Crippen molar-refractivity contribution in [2.45, 2.75) is 56.3 Å². The SMILES string of the molecule is COc1ccc2c(c1)CC[C@H]1[C@@H]2CC[C@]2(C)C(=NNS(=O)(=O)c3ccccc3)CC[C@@H]12. The van der Waals surface area contributed by atoms with Crippen molar-refractivity contribution in [1.82, 2.24) is 4.83 Å². The number of hydrazone groups is 1. The standard InChI is InChI=1S/C25H30N2O3S/c1-25-15-14-21-20-11-9-18(30-2)16-17(20)8-10-22(21)23(25)12-13-24(25)26-27-31(28,29)19-6-4-3-5-7-19/h3-7,9,11,16,21-23,27H,8,10,12-15H2,1-2H3/t21-,22+,23+,25+/m1/s1. The highest BCUT2D eigenvalue weighted by Gasteiger charge is 2.53. The minimum atomic E-state index is -3.63. The van der Waals surface area contributed by atoms with Crippen molar-refractivity contribution in [2.75, 3.05) is 7.11 Å². The van der Waals surface area contributed by atoms with E-state index in [9.17, 15) is 8.42 Å². The fraction of sp³-hybridized carbons (Fsp3) is 0.480. The Kier molecular flexibility index (Phi) is 5.08. The van der Waals surface area contributed by atoms with Gasteiger partial charge in [0.1, 0.15) is 5.75 Å². The first-order chi connectivity index (χ1) is 14.9. The van der Waals surface area contributed by atoms with Gasteiger partial charge in [0.15, 0.2) is 0 Å². The average Bonchev–Trinajstić information content (AvgIpc) is 3.14. The molecule has 164 valence electrons. The van der Waals surface area contributed by atoms with Gasteiger partial charge in [0.2, 0.25) is 0 Å². The Morgan fingerprint density at radius 1 is 1.06 bits per heavy atom. The number of rotatable bonds is 4. The summed E-state index contributed by atoms with van der Waals surface area (Å²) in [7, 11) is -1.90. The number of nitrogens with zero attached hydrogens (tertiary/aromatic N) is 1. The fourth-order valence-corrected chi connectivity index (χ4v) is 7.28. The van der Waals surface area contributed by atoms with E-state index in [0.717, 1.165) is 43.6 Å². The number of hydrogen-bond acceptors (Lipinski definition) is 4. The van der Waals surface area contributed by atoms with E-state index in [1.807, 2.05) is 6.07 Å². The Hall–Kier alpha value is -2.34. The van der Waals surface area contributed by atoms with Gasteiger partial charge in [-0.1, -0.05) is 31.2 Å². The molecule has 1 N–H and O–H groups in total. The average molecular weight is 439 g/mol. The molecule has 0 spiro atoms. The first kappa shape index (κ1) is 20.6. The number of sulfonamides is 1. The summed E-state index contributed by atoms with van der Waals surface area (Å²) in [4.78, 5) is 2.77. The molecule has 0 heterocycles. The lowest BCUT2D eigenvalue weighted by atomic mass is 9.55. The summed E-state index contributed by atoms with van der Waals surface area (Å²) in [5.41, 5.74) is 3.93. The predicted molar refractivity (Wildman–Crippen MR) is 122 cm³/mol. The lowest BCUT2D eigenvalue weighted by Crippen LogP contribution is -2.43. The van der Waals surface area contributed by atoms with Crippen molar-refractivity contribution in [3.05, 3.63) is 59.7 Å². The van der Waals surface area contributed by atoms with E-state index in [2.05, 4.69) is 35.1 Å². The van der Waals surface area contributed by atoms with Gasteiger partial charge >= 0.3 is 0 Å². The zero-order chi connectivity index (χ0) is 21.6. The molecule has 2 saturated carbocycles. The molecule has 5 rings (SSSR count). The van der Waals surface area contributed by atoms with E-state index in [-0.39, 0.29) is 10.3 Å². The summed E-state index contributed by atoms with van der Waals surface area (Å²) in [6.45, 7) is 2.31. The number of fused-ring (bicyclic) bond motifs is 5. The summed E-state index contributed by atoms with van der Waals surface area (Å²) in [5.74, 6) is 2.73. The molecule has 0 bridgehead atoms. The lowest BCUT2D eigenvalue weighted by molar-refractivity contribution is 0.0954. The molecule has 5 nitrogen and oxygen atoms in total.